The number of benzene rings is 2. The molecule has 0 aliphatic heterocycles. The maximum Gasteiger partial charge on any atom is 0.453 e. The first-order valence-electron chi connectivity index (χ1n) is 11.5. The predicted octanol–water partition coefficient (Wildman–Crippen LogP) is 7.97. The molecule has 0 atom stereocenters. The van der Waals surface area contributed by atoms with E-state index in [4.69, 9.17) is 0 Å². The van der Waals surface area contributed by atoms with Crippen LogP contribution < -0.4 is 0 Å². The Labute approximate surface area is 244 Å². The summed E-state index contributed by atoms with van der Waals surface area (Å²) in [6.45, 7) is 0. The number of hydrogen-bond donors (Lipinski definition) is 0. The molecule has 0 saturated carbocycles. The molecule has 0 aliphatic rings. The molecule has 0 bridgehead atoms. The molecule has 262 valence electrons. The van der Waals surface area contributed by atoms with Gasteiger partial charge in [0.15, 0.2) is 66.2 Å². The highest BCUT2D eigenvalue weighted by Crippen LogP contribution is 2.43. The van der Waals surface area contributed by atoms with E-state index in [1.165, 1.54) is 0 Å². The van der Waals surface area contributed by atoms with Crippen molar-refractivity contribution in [2.75, 3.05) is 11.5 Å². The van der Waals surface area contributed by atoms with Crippen molar-refractivity contribution in [1.82, 2.24) is 0 Å². The average molecular weight is 746 g/mol. The molecule has 24 heteroatoms. The minimum atomic E-state index is -6.22. The Morgan fingerprint density at radius 3 is 0.804 bits per heavy atom. The van der Waals surface area contributed by atoms with Gasteiger partial charge in [-0.1, -0.05) is 0 Å². The van der Waals surface area contributed by atoms with Crippen LogP contribution in [0.25, 0.3) is 11.1 Å². The summed E-state index contributed by atoms with van der Waals surface area (Å²) in [7, 11) is -11.8. The van der Waals surface area contributed by atoms with Crippen LogP contribution in [0.3, 0.4) is 0 Å². The lowest BCUT2D eigenvalue weighted by Crippen LogP contribution is -2.36. The zero-order chi connectivity index (χ0) is 36.2. The van der Waals surface area contributed by atoms with Gasteiger partial charge >= 0.3 is 24.2 Å². The molecule has 0 saturated heterocycles. The van der Waals surface area contributed by atoms with Crippen molar-refractivity contribution in [3.05, 3.63) is 46.5 Å². The second kappa shape index (κ2) is 12.6. The molecular formula is C22H12F18O4S2. The highest BCUT2D eigenvalue weighted by atomic mass is 32.2. The molecule has 0 heterocycles. The van der Waals surface area contributed by atoms with E-state index in [1.807, 2.05) is 0 Å². The molecular weight excluding hydrogens is 734 g/mol. The van der Waals surface area contributed by atoms with Crippen molar-refractivity contribution in [2.45, 2.75) is 59.7 Å². The molecule has 0 unspecified atom stereocenters. The van der Waals surface area contributed by atoms with E-state index in [2.05, 4.69) is 0 Å². The van der Waals surface area contributed by atoms with Gasteiger partial charge < -0.3 is 0 Å². The Balaban J connectivity index is 2.63. The summed E-state index contributed by atoms with van der Waals surface area (Å²) in [4.78, 5) is -5.45. The minimum absolute atomic E-state index is 1.75. The first-order chi connectivity index (χ1) is 20.4. The lowest BCUT2D eigenvalue weighted by molar-refractivity contribution is -0.284. The molecule has 2 rings (SSSR count). The van der Waals surface area contributed by atoms with Crippen molar-refractivity contribution in [3.63, 3.8) is 0 Å². The molecule has 2 aromatic rings. The number of rotatable bonds is 11. The van der Waals surface area contributed by atoms with Crippen molar-refractivity contribution in [1.29, 1.82) is 0 Å². The maximum absolute atomic E-state index is 14.7. The Bertz CT molecular complexity index is 1540. The maximum atomic E-state index is 14.7. The van der Waals surface area contributed by atoms with Crippen molar-refractivity contribution >= 4 is 19.7 Å². The van der Waals surface area contributed by atoms with E-state index in [-0.39, 0.29) is 0 Å². The Hall–Kier alpha value is -2.92. The van der Waals surface area contributed by atoms with E-state index in [0.717, 1.165) is 0 Å². The standard InChI is InChI=1S/C22H12F18O4S2/c23-9-7(10(24)14(28)17(13(9)27)45(41,42)5-1-3-19(31,32)21(35,36)37)8-11(25)15(29)18(16(30)12(8)26)46(43,44)6-2-4-20(33,34)22(38,39)40/h1-6H2. The summed E-state index contributed by atoms with van der Waals surface area (Å²) in [6.07, 6.45) is -20.6. The fourth-order valence-corrected chi connectivity index (χ4v) is 6.57. The van der Waals surface area contributed by atoms with Crippen LogP contribution in [0.4, 0.5) is 79.0 Å². The second-order valence-corrected chi connectivity index (χ2v) is 13.3. The predicted molar refractivity (Wildman–Crippen MR) is 116 cm³/mol. The van der Waals surface area contributed by atoms with Crippen LogP contribution in [0.1, 0.15) is 25.7 Å². The van der Waals surface area contributed by atoms with Crippen LogP contribution in [0.15, 0.2) is 9.79 Å². The van der Waals surface area contributed by atoms with Gasteiger partial charge in [-0.15, -0.1) is 0 Å². The number of halogens is 18. The van der Waals surface area contributed by atoms with Gasteiger partial charge in [0.1, 0.15) is 9.79 Å². The van der Waals surface area contributed by atoms with E-state index >= 15 is 0 Å². The van der Waals surface area contributed by atoms with Gasteiger partial charge in [0, 0.05) is 12.8 Å². The van der Waals surface area contributed by atoms with Crippen LogP contribution in [0, 0.1) is 46.5 Å². The highest BCUT2D eigenvalue weighted by Gasteiger charge is 2.57. The summed E-state index contributed by atoms with van der Waals surface area (Å²) in [5.41, 5.74) is -5.56. The quantitative estimate of drug-likeness (QED) is 0.173. The molecule has 4 nitrogen and oxygen atoms in total. The minimum Gasteiger partial charge on any atom is -0.223 e. The molecule has 2 aromatic carbocycles. The second-order valence-electron chi connectivity index (χ2n) is 9.17. The first kappa shape index (κ1) is 39.3. The SMILES string of the molecule is O=S(=O)(CCCC(F)(F)C(F)(F)F)c1c(F)c(F)c(-c2c(F)c(F)c(S(=O)(=O)CCCC(F)(F)C(F)(F)F)c(F)c2F)c(F)c1F. The largest absolute Gasteiger partial charge is 0.453 e. The summed E-state index contributed by atoms with van der Waals surface area (Å²) in [6, 6.07) is 0. The third-order valence-corrected chi connectivity index (χ3v) is 9.57. The van der Waals surface area contributed by atoms with Crippen molar-refractivity contribution in [2.24, 2.45) is 0 Å². The Kier molecular flexibility index (Phi) is 10.8. The lowest BCUT2D eigenvalue weighted by atomic mass is 10.0. The van der Waals surface area contributed by atoms with Gasteiger partial charge in [-0.05, 0) is 12.8 Å². The fraction of sp³-hybridized carbons (Fsp3) is 0.455. The smallest absolute Gasteiger partial charge is 0.223 e. The highest BCUT2D eigenvalue weighted by molar-refractivity contribution is 7.91. The van der Waals surface area contributed by atoms with E-state index < -0.39 is 149 Å². The van der Waals surface area contributed by atoms with Crippen LogP contribution in [-0.2, 0) is 19.7 Å². The van der Waals surface area contributed by atoms with Gasteiger partial charge in [-0.2, -0.15) is 43.9 Å². The molecule has 0 N–H and O–H groups in total. The Morgan fingerprint density at radius 2 is 0.609 bits per heavy atom. The van der Waals surface area contributed by atoms with Crippen LogP contribution in [0.5, 0.6) is 0 Å². The van der Waals surface area contributed by atoms with E-state index in [9.17, 15) is 95.9 Å². The van der Waals surface area contributed by atoms with Gasteiger partial charge in [0.05, 0.1) is 22.6 Å². The summed E-state index contributed by atoms with van der Waals surface area (Å²) in [5.74, 6) is -40.4. The van der Waals surface area contributed by atoms with Gasteiger partial charge in [-0.3, -0.25) is 0 Å². The molecule has 0 spiro atoms. The first-order valence-corrected chi connectivity index (χ1v) is 14.8. The van der Waals surface area contributed by atoms with Crippen molar-refractivity contribution < 1.29 is 95.9 Å². The number of hydrogen-bond acceptors (Lipinski definition) is 4. The zero-order valence-corrected chi connectivity index (χ0v) is 23.1. The summed E-state index contributed by atoms with van der Waals surface area (Å²) >= 11 is 0. The third-order valence-electron chi connectivity index (χ3n) is 5.96. The van der Waals surface area contributed by atoms with E-state index in [0.29, 0.717) is 0 Å². The summed E-state index contributed by atoms with van der Waals surface area (Å²) < 4.78 is 292. The fourth-order valence-electron chi connectivity index (χ4n) is 3.66. The monoisotopic (exact) mass is 746 g/mol. The molecule has 0 aliphatic carbocycles. The number of sulfone groups is 2. The summed E-state index contributed by atoms with van der Waals surface area (Å²) in [5, 5.41) is 0. The molecule has 0 radical (unpaired) electrons. The van der Waals surface area contributed by atoms with Crippen LogP contribution >= 0.6 is 0 Å². The van der Waals surface area contributed by atoms with Crippen molar-refractivity contribution in [3.8, 4) is 11.1 Å². The van der Waals surface area contributed by atoms with Gasteiger partial charge in [0.2, 0.25) is 0 Å². The lowest BCUT2D eigenvalue weighted by Gasteiger charge is -2.19. The van der Waals surface area contributed by atoms with E-state index in [1.54, 1.807) is 0 Å². The zero-order valence-electron chi connectivity index (χ0n) is 21.5. The number of alkyl halides is 10. The average Bonchev–Trinajstić information content (AvgIpc) is 2.86. The molecule has 0 amide bonds. The Morgan fingerprint density at radius 1 is 0.391 bits per heavy atom. The van der Waals surface area contributed by atoms with Gasteiger partial charge in [-0.25, -0.2) is 52.0 Å². The van der Waals surface area contributed by atoms with Crippen LogP contribution in [0.2, 0.25) is 0 Å². The molecule has 46 heavy (non-hydrogen) atoms. The van der Waals surface area contributed by atoms with Crippen LogP contribution in [-0.4, -0.2) is 52.5 Å². The normalized spacial score (nSPS) is 13.9. The van der Waals surface area contributed by atoms with Gasteiger partial charge in [0.25, 0.3) is 0 Å². The topological polar surface area (TPSA) is 68.3 Å². The molecule has 0 aromatic heterocycles. The molecule has 0 fully saturated rings. The third kappa shape index (κ3) is 7.30.